The molecule has 0 radical (unpaired) electrons. The van der Waals surface area contributed by atoms with Gasteiger partial charge < -0.3 is 29.7 Å². The number of hydrogen-bond donors (Lipinski definition) is 0. The van der Waals surface area contributed by atoms with Crippen LogP contribution in [-0.4, -0.2) is 14.1 Å². The molecular formula is C9H12Cl2N3Zn-. The second-order valence-electron chi connectivity index (χ2n) is 2.99. The van der Waals surface area contributed by atoms with Gasteiger partial charge in [-0.2, -0.15) is 0 Å². The van der Waals surface area contributed by atoms with Gasteiger partial charge in [0, 0.05) is 39.6 Å². The van der Waals surface area contributed by atoms with Gasteiger partial charge in [-0.05, 0) is 18.6 Å². The normalized spacial score (nSPS) is 7.33. The third kappa shape index (κ3) is 5.32. The minimum absolute atomic E-state index is 0. The molecule has 1 rings (SSSR count). The van der Waals surface area contributed by atoms with Gasteiger partial charge in [0.2, 0.25) is 5.39 Å². The van der Waals surface area contributed by atoms with Crippen molar-refractivity contribution in [3.63, 3.8) is 0 Å². The van der Waals surface area contributed by atoms with Crippen molar-refractivity contribution in [3.8, 4) is 0 Å². The summed E-state index contributed by atoms with van der Waals surface area (Å²) in [5.41, 5.74) is 2.69. The summed E-state index contributed by atoms with van der Waals surface area (Å²) in [6.07, 6.45) is 0. The van der Waals surface area contributed by atoms with E-state index in [9.17, 15) is 0 Å². The second kappa shape index (κ2) is 8.91. The minimum Gasteiger partial charge on any atom is -1.00 e. The summed E-state index contributed by atoms with van der Waals surface area (Å²) in [5.74, 6) is 0. The number of anilines is 1. The van der Waals surface area contributed by atoms with Gasteiger partial charge in [-0.15, -0.1) is 0 Å². The van der Waals surface area contributed by atoms with E-state index in [0.29, 0.717) is 5.69 Å². The van der Waals surface area contributed by atoms with E-state index < -0.39 is 0 Å². The van der Waals surface area contributed by atoms with Gasteiger partial charge in [0.15, 0.2) is 4.98 Å². The Morgan fingerprint density at radius 1 is 1.20 bits per heavy atom. The molecule has 0 bridgehead atoms. The van der Waals surface area contributed by atoms with E-state index in [0.717, 1.165) is 11.3 Å². The SMILES string of the molecule is Cc1ccc([N+]#N)c(N(C)C)c1.[Cl-].[Cl-].[Zn]. The van der Waals surface area contributed by atoms with E-state index in [1.54, 1.807) is 6.07 Å². The fourth-order valence-electron chi connectivity index (χ4n) is 1.08. The monoisotopic (exact) mass is 296 g/mol. The molecule has 0 unspecified atom stereocenters. The maximum atomic E-state index is 8.66. The first kappa shape index (κ1) is 20.1. The largest absolute Gasteiger partial charge is 1.00 e. The third-order valence-corrected chi connectivity index (χ3v) is 1.72. The summed E-state index contributed by atoms with van der Waals surface area (Å²) < 4.78 is 0. The Morgan fingerprint density at radius 2 is 1.73 bits per heavy atom. The van der Waals surface area contributed by atoms with Gasteiger partial charge in [0.25, 0.3) is 0 Å². The van der Waals surface area contributed by atoms with Gasteiger partial charge in [0.05, 0.1) is 0 Å². The summed E-state index contributed by atoms with van der Waals surface area (Å²) in [7, 11) is 3.84. The van der Waals surface area contributed by atoms with Crippen molar-refractivity contribution in [1.29, 1.82) is 5.39 Å². The van der Waals surface area contributed by atoms with Crippen LogP contribution in [0.4, 0.5) is 11.4 Å². The van der Waals surface area contributed by atoms with Crippen LogP contribution in [0.25, 0.3) is 4.98 Å². The van der Waals surface area contributed by atoms with E-state index in [2.05, 4.69) is 4.98 Å². The van der Waals surface area contributed by atoms with Crippen LogP contribution >= 0.6 is 0 Å². The van der Waals surface area contributed by atoms with Crippen molar-refractivity contribution < 1.29 is 44.3 Å². The zero-order chi connectivity index (χ0) is 9.14. The first-order valence-corrected chi connectivity index (χ1v) is 3.78. The molecule has 0 spiro atoms. The molecule has 80 valence electrons. The van der Waals surface area contributed by atoms with Gasteiger partial charge in [-0.3, -0.25) is 0 Å². The fraction of sp³-hybridized carbons (Fsp3) is 0.333. The Morgan fingerprint density at radius 3 is 2.13 bits per heavy atom. The van der Waals surface area contributed by atoms with Crippen molar-refractivity contribution >= 4 is 11.4 Å². The summed E-state index contributed by atoms with van der Waals surface area (Å²) in [6.45, 7) is 2.01. The first-order chi connectivity index (χ1) is 5.65. The van der Waals surface area contributed by atoms with Crippen LogP contribution < -0.4 is 29.7 Å². The quantitative estimate of drug-likeness (QED) is 0.399. The van der Waals surface area contributed by atoms with Crippen LogP contribution in [-0.2, 0) is 19.5 Å². The van der Waals surface area contributed by atoms with Gasteiger partial charge >= 0.3 is 5.69 Å². The summed E-state index contributed by atoms with van der Waals surface area (Å²) in [5, 5.41) is 8.66. The molecule has 0 saturated heterocycles. The topological polar surface area (TPSA) is 31.4 Å². The molecule has 0 amide bonds. The maximum Gasteiger partial charge on any atom is 0.408 e. The number of diazo groups is 1. The zero-order valence-corrected chi connectivity index (χ0v) is 13.5. The predicted molar refractivity (Wildman–Crippen MR) is 50.3 cm³/mol. The number of aryl methyl sites for hydroxylation is 1. The molecule has 0 aliphatic heterocycles. The van der Waals surface area contributed by atoms with E-state index in [1.807, 2.05) is 38.1 Å². The van der Waals surface area contributed by atoms with Crippen LogP contribution in [0.5, 0.6) is 0 Å². The van der Waals surface area contributed by atoms with E-state index in [-0.39, 0.29) is 44.3 Å². The molecule has 1 aromatic carbocycles. The fourth-order valence-corrected chi connectivity index (χ4v) is 1.08. The number of hydrogen-bond acceptors (Lipinski definition) is 2. The standard InChI is InChI=1S/C9H12N3.2ClH.Zn/c1-7-4-5-8(11-10)9(6-7)12(2)3;;;/h4-6H,1-3H3;2*1H;/q+1;;;/p-2. The van der Waals surface area contributed by atoms with Gasteiger partial charge in [-0.25, -0.2) is 0 Å². The first-order valence-electron chi connectivity index (χ1n) is 3.78. The number of rotatable bonds is 1. The van der Waals surface area contributed by atoms with Crippen LogP contribution in [0.2, 0.25) is 0 Å². The molecule has 0 atom stereocenters. The Kier molecular flexibility index (Phi) is 11.9. The smallest absolute Gasteiger partial charge is 0.408 e. The van der Waals surface area contributed by atoms with Crippen molar-refractivity contribution in [1.82, 2.24) is 0 Å². The van der Waals surface area contributed by atoms with Crippen molar-refractivity contribution in [2.75, 3.05) is 19.0 Å². The molecule has 0 aromatic heterocycles. The summed E-state index contributed by atoms with van der Waals surface area (Å²) >= 11 is 0. The molecule has 0 heterocycles. The van der Waals surface area contributed by atoms with E-state index in [4.69, 9.17) is 5.39 Å². The Labute approximate surface area is 115 Å². The van der Waals surface area contributed by atoms with E-state index >= 15 is 0 Å². The molecule has 0 N–H and O–H groups in total. The Balaban J connectivity index is -0.000000480. The van der Waals surface area contributed by atoms with Crippen molar-refractivity contribution in [2.24, 2.45) is 0 Å². The number of nitrogens with zero attached hydrogens (tertiary/aromatic N) is 3. The molecule has 3 nitrogen and oxygen atoms in total. The van der Waals surface area contributed by atoms with Crippen molar-refractivity contribution in [2.45, 2.75) is 6.92 Å². The minimum atomic E-state index is 0. The van der Waals surface area contributed by atoms with E-state index in [1.165, 1.54) is 0 Å². The zero-order valence-electron chi connectivity index (χ0n) is 9.04. The van der Waals surface area contributed by atoms with Crippen LogP contribution in [0, 0.1) is 12.3 Å². The Hall–Kier alpha value is -0.357. The second-order valence-corrected chi connectivity index (χ2v) is 2.99. The maximum absolute atomic E-state index is 8.66. The molecule has 1 aromatic rings. The average Bonchev–Trinajstić information content (AvgIpc) is 2.04. The molecule has 0 aliphatic carbocycles. The molecule has 15 heavy (non-hydrogen) atoms. The van der Waals surface area contributed by atoms with Gasteiger partial charge in [0.1, 0.15) is 5.69 Å². The third-order valence-electron chi connectivity index (χ3n) is 1.72. The molecule has 0 aliphatic rings. The predicted octanol–water partition coefficient (Wildman–Crippen LogP) is -3.45. The molecule has 0 saturated carbocycles. The molecule has 6 heteroatoms. The van der Waals surface area contributed by atoms with Crippen molar-refractivity contribution in [3.05, 3.63) is 28.7 Å². The van der Waals surface area contributed by atoms with Gasteiger partial charge in [-0.1, -0.05) is 6.07 Å². The average molecular weight is 299 g/mol. The summed E-state index contributed by atoms with van der Waals surface area (Å²) in [4.78, 5) is 5.11. The van der Waals surface area contributed by atoms with Crippen LogP contribution in [0.1, 0.15) is 5.56 Å². The van der Waals surface area contributed by atoms with Crippen LogP contribution in [0.15, 0.2) is 18.2 Å². The van der Waals surface area contributed by atoms with Crippen LogP contribution in [0.3, 0.4) is 0 Å². The summed E-state index contributed by atoms with van der Waals surface area (Å²) in [6, 6.07) is 5.70. The number of benzene rings is 1. The molecular weight excluding hydrogens is 286 g/mol. The molecule has 0 fully saturated rings. The Bertz CT molecular complexity index is 337. The number of halogens is 2.